The molecule has 1 N–H and O–H groups in total. The quantitative estimate of drug-likeness (QED) is 0.942. The summed E-state index contributed by atoms with van der Waals surface area (Å²) in [5, 5.41) is 7.71. The van der Waals surface area contributed by atoms with E-state index in [0.29, 0.717) is 22.8 Å². The lowest BCUT2D eigenvalue weighted by atomic mass is 10.1. The highest BCUT2D eigenvalue weighted by atomic mass is 35.5. The van der Waals surface area contributed by atoms with E-state index in [0.717, 1.165) is 17.0 Å². The molecular formula is C15H18ClN3O2. The normalized spacial score (nSPS) is 10.5. The van der Waals surface area contributed by atoms with Crippen LogP contribution in [0.3, 0.4) is 0 Å². The molecule has 0 aliphatic carbocycles. The maximum absolute atomic E-state index is 12.0. The first kappa shape index (κ1) is 15.4. The van der Waals surface area contributed by atoms with Gasteiger partial charge < -0.3 is 14.7 Å². The van der Waals surface area contributed by atoms with E-state index < -0.39 is 0 Å². The Balaban J connectivity index is 2.20. The lowest BCUT2D eigenvalue weighted by molar-refractivity contribution is 0.0827. The van der Waals surface area contributed by atoms with Crippen molar-refractivity contribution in [2.45, 2.75) is 20.4 Å². The number of carbonyl (C=O) groups excluding carboxylic acids is 1. The number of benzene rings is 1. The number of rotatable bonds is 4. The third-order valence-electron chi connectivity index (χ3n) is 3.26. The summed E-state index contributed by atoms with van der Waals surface area (Å²) >= 11 is 6.17. The van der Waals surface area contributed by atoms with Crippen molar-refractivity contribution in [2.75, 3.05) is 19.4 Å². The summed E-state index contributed by atoms with van der Waals surface area (Å²) in [5.41, 5.74) is 3.14. The van der Waals surface area contributed by atoms with Crippen molar-refractivity contribution in [1.82, 2.24) is 10.1 Å². The van der Waals surface area contributed by atoms with Gasteiger partial charge in [-0.3, -0.25) is 4.79 Å². The van der Waals surface area contributed by atoms with Crippen LogP contribution in [0.5, 0.6) is 0 Å². The zero-order valence-electron chi connectivity index (χ0n) is 12.5. The van der Waals surface area contributed by atoms with Crippen LogP contribution in [0.1, 0.15) is 27.4 Å². The third-order valence-corrected chi connectivity index (χ3v) is 3.59. The molecule has 21 heavy (non-hydrogen) atoms. The smallest absolute Gasteiger partial charge is 0.253 e. The second-order valence-corrected chi connectivity index (χ2v) is 5.46. The van der Waals surface area contributed by atoms with Crippen molar-refractivity contribution in [2.24, 2.45) is 0 Å². The Hall–Kier alpha value is -2.01. The minimum atomic E-state index is -0.0629. The van der Waals surface area contributed by atoms with Gasteiger partial charge in [-0.2, -0.15) is 0 Å². The average Bonchev–Trinajstić information content (AvgIpc) is 2.76. The molecule has 0 aliphatic rings. The van der Waals surface area contributed by atoms with Crippen LogP contribution in [0.25, 0.3) is 0 Å². The molecule has 0 radical (unpaired) electrons. The Morgan fingerprint density at radius 2 is 2.10 bits per heavy atom. The van der Waals surface area contributed by atoms with E-state index in [2.05, 4.69) is 10.5 Å². The van der Waals surface area contributed by atoms with Gasteiger partial charge >= 0.3 is 0 Å². The summed E-state index contributed by atoms with van der Waals surface area (Å²) in [5.74, 6) is 0.712. The van der Waals surface area contributed by atoms with E-state index in [1.165, 1.54) is 4.90 Å². The molecule has 0 aliphatic heterocycles. The fourth-order valence-electron chi connectivity index (χ4n) is 1.99. The second-order valence-electron chi connectivity index (χ2n) is 5.05. The number of anilines is 1. The molecule has 0 spiro atoms. The lowest BCUT2D eigenvalue weighted by Crippen LogP contribution is -2.21. The molecule has 2 rings (SSSR count). The van der Waals surface area contributed by atoms with Crippen molar-refractivity contribution in [3.8, 4) is 0 Å². The summed E-state index contributed by atoms with van der Waals surface area (Å²) in [4.78, 5) is 13.5. The molecule has 0 atom stereocenters. The topological polar surface area (TPSA) is 58.4 Å². The number of aryl methyl sites for hydroxylation is 2. The number of hydrogen-bond acceptors (Lipinski definition) is 4. The highest BCUT2D eigenvalue weighted by Gasteiger charge is 2.12. The summed E-state index contributed by atoms with van der Waals surface area (Å²) in [6.45, 7) is 4.30. The molecule has 0 saturated heterocycles. The van der Waals surface area contributed by atoms with E-state index in [4.69, 9.17) is 16.1 Å². The third kappa shape index (κ3) is 3.36. The molecular weight excluding hydrogens is 290 g/mol. The van der Waals surface area contributed by atoms with Gasteiger partial charge in [-0.15, -0.1) is 0 Å². The van der Waals surface area contributed by atoms with Crippen molar-refractivity contribution in [1.29, 1.82) is 0 Å². The number of nitrogens with one attached hydrogen (secondary N) is 1. The van der Waals surface area contributed by atoms with E-state index >= 15 is 0 Å². The Morgan fingerprint density at radius 3 is 2.67 bits per heavy atom. The van der Waals surface area contributed by atoms with Gasteiger partial charge in [0.15, 0.2) is 0 Å². The molecule has 0 unspecified atom stereocenters. The van der Waals surface area contributed by atoms with Gasteiger partial charge in [0.25, 0.3) is 5.91 Å². The van der Waals surface area contributed by atoms with Crippen molar-refractivity contribution in [3.63, 3.8) is 0 Å². The molecule has 5 nitrogen and oxygen atoms in total. The number of halogens is 1. The van der Waals surface area contributed by atoms with Crippen LogP contribution < -0.4 is 5.32 Å². The first-order valence-electron chi connectivity index (χ1n) is 6.57. The zero-order valence-corrected chi connectivity index (χ0v) is 13.3. The molecule has 6 heteroatoms. The van der Waals surface area contributed by atoms with E-state index in [-0.39, 0.29) is 5.91 Å². The van der Waals surface area contributed by atoms with Crippen LogP contribution in [0, 0.1) is 13.8 Å². The number of amides is 1. The minimum Gasteiger partial charge on any atom is -0.380 e. The number of nitrogens with zero attached hydrogens (tertiary/aromatic N) is 2. The van der Waals surface area contributed by atoms with Gasteiger partial charge in [-0.1, -0.05) is 16.8 Å². The molecule has 1 amide bonds. The second kappa shape index (κ2) is 6.18. The number of hydrogen-bond donors (Lipinski definition) is 1. The first-order chi connectivity index (χ1) is 9.90. The highest BCUT2D eigenvalue weighted by Crippen LogP contribution is 2.25. The summed E-state index contributed by atoms with van der Waals surface area (Å²) in [6, 6.07) is 5.18. The Kier molecular flexibility index (Phi) is 4.53. The standard InChI is InChI=1S/C15H18ClN3O2/c1-9-12(10(2)21-18-9)8-17-14-7-11(5-6-13(14)16)15(20)19(3)4/h5-7,17H,8H2,1-4H3. The molecule has 0 saturated carbocycles. The van der Waals surface area contributed by atoms with Gasteiger partial charge in [0, 0.05) is 31.8 Å². The molecule has 1 aromatic heterocycles. The maximum Gasteiger partial charge on any atom is 0.253 e. The molecule has 2 aromatic rings. The Labute approximate surface area is 128 Å². The van der Waals surface area contributed by atoms with Gasteiger partial charge in [-0.05, 0) is 32.0 Å². The van der Waals surface area contributed by atoms with Gasteiger partial charge in [0.05, 0.1) is 16.4 Å². The predicted octanol–water partition coefficient (Wildman–Crippen LogP) is 3.26. The molecule has 1 heterocycles. The maximum atomic E-state index is 12.0. The van der Waals surface area contributed by atoms with Crippen LogP contribution >= 0.6 is 11.6 Å². The van der Waals surface area contributed by atoms with Crippen LogP contribution in [0.4, 0.5) is 5.69 Å². The largest absolute Gasteiger partial charge is 0.380 e. The van der Waals surface area contributed by atoms with E-state index in [1.807, 2.05) is 13.8 Å². The van der Waals surface area contributed by atoms with Gasteiger partial charge in [-0.25, -0.2) is 0 Å². The van der Waals surface area contributed by atoms with Crippen LogP contribution in [0.15, 0.2) is 22.7 Å². The molecule has 0 bridgehead atoms. The van der Waals surface area contributed by atoms with Crippen molar-refractivity contribution >= 4 is 23.2 Å². The fraction of sp³-hybridized carbons (Fsp3) is 0.333. The predicted molar refractivity (Wildman–Crippen MR) is 82.8 cm³/mol. The van der Waals surface area contributed by atoms with Crippen LogP contribution in [-0.4, -0.2) is 30.1 Å². The number of aromatic nitrogens is 1. The first-order valence-corrected chi connectivity index (χ1v) is 6.94. The van der Waals surface area contributed by atoms with Crippen molar-refractivity contribution in [3.05, 3.63) is 45.8 Å². The summed E-state index contributed by atoms with van der Waals surface area (Å²) < 4.78 is 5.12. The van der Waals surface area contributed by atoms with Gasteiger partial charge in [0.2, 0.25) is 0 Å². The monoisotopic (exact) mass is 307 g/mol. The highest BCUT2D eigenvalue weighted by molar-refractivity contribution is 6.33. The lowest BCUT2D eigenvalue weighted by Gasteiger charge is -2.13. The Morgan fingerprint density at radius 1 is 1.38 bits per heavy atom. The molecule has 112 valence electrons. The van der Waals surface area contributed by atoms with E-state index in [9.17, 15) is 4.79 Å². The minimum absolute atomic E-state index is 0.0629. The van der Waals surface area contributed by atoms with Crippen LogP contribution in [-0.2, 0) is 6.54 Å². The molecule has 0 fully saturated rings. The Bertz CT molecular complexity index is 645. The van der Waals surface area contributed by atoms with E-state index in [1.54, 1.807) is 32.3 Å². The van der Waals surface area contributed by atoms with Crippen molar-refractivity contribution < 1.29 is 9.32 Å². The van der Waals surface area contributed by atoms with Gasteiger partial charge in [0.1, 0.15) is 5.76 Å². The average molecular weight is 308 g/mol. The SMILES string of the molecule is Cc1noc(C)c1CNc1cc(C(=O)N(C)C)ccc1Cl. The van der Waals surface area contributed by atoms with Crippen LogP contribution in [0.2, 0.25) is 5.02 Å². The summed E-state index contributed by atoms with van der Waals surface area (Å²) in [6.07, 6.45) is 0. The number of carbonyl (C=O) groups is 1. The fourth-order valence-corrected chi connectivity index (χ4v) is 2.17. The summed E-state index contributed by atoms with van der Waals surface area (Å²) in [7, 11) is 3.43. The zero-order chi connectivity index (χ0) is 15.6. The molecule has 1 aromatic carbocycles.